The summed E-state index contributed by atoms with van der Waals surface area (Å²) in [5, 5.41) is 13.7. The molecule has 0 aliphatic carbocycles. The van der Waals surface area contributed by atoms with E-state index in [4.69, 9.17) is 0 Å². The number of pyridine rings is 1. The number of anilines is 2. The average Bonchev–Trinajstić information content (AvgIpc) is 2.63. The number of halogens is 1. The van der Waals surface area contributed by atoms with Crippen molar-refractivity contribution in [2.75, 3.05) is 5.32 Å². The fourth-order valence-corrected chi connectivity index (χ4v) is 2.80. The van der Waals surface area contributed by atoms with Crippen molar-refractivity contribution in [1.29, 1.82) is 0 Å². The fraction of sp³-hybridized carbons (Fsp3) is 0.0500. The molecule has 1 N–H and O–H groups in total. The van der Waals surface area contributed by atoms with Crippen LogP contribution in [0.3, 0.4) is 0 Å². The fourth-order valence-electron chi connectivity index (χ4n) is 2.80. The molecule has 4 rings (SSSR count). The van der Waals surface area contributed by atoms with E-state index in [1.54, 1.807) is 24.5 Å². The summed E-state index contributed by atoms with van der Waals surface area (Å²) in [6.07, 6.45) is 3.50. The molecule has 122 valence electrons. The third kappa shape index (κ3) is 3.04. The van der Waals surface area contributed by atoms with Crippen molar-refractivity contribution in [2.45, 2.75) is 6.92 Å². The second-order valence-corrected chi connectivity index (χ2v) is 5.76. The number of rotatable bonds is 3. The monoisotopic (exact) mass is 330 g/mol. The van der Waals surface area contributed by atoms with Crippen molar-refractivity contribution in [3.8, 4) is 11.3 Å². The molecular formula is C20H15FN4. The summed E-state index contributed by atoms with van der Waals surface area (Å²) < 4.78 is 13.0. The Morgan fingerprint density at radius 1 is 0.960 bits per heavy atom. The predicted octanol–water partition coefficient (Wildman–Crippen LogP) is 4.88. The lowest BCUT2D eigenvalue weighted by molar-refractivity contribution is 0.628. The van der Waals surface area contributed by atoms with Gasteiger partial charge in [-0.15, -0.1) is 5.10 Å². The quantitative estimate of drug-likeness (QED) is 0.581. The standard InChI is InChI=1S/C20H15FN4/c1-13-18(3-2-10-22-13)20-19-9-8-17(11-14(19)12-23-25-20)24-16-6-4-15(21)5-7-16/h2-12,24H,1H3. The molecule has 0 saturated carbocycles. The third-order valence-corrected chi connectivity index (χ3v) is 4.06. The van der Waals surface area contributed by atoms with Crippen LogP contribution in [-0.4, -0.2) is 15.2 Å². The minimum absolute atomic E-state index is 0.254. The highest BCUT2D eigenvalue weighted by molar-refractivity contribution is 5.96. The molecule has 25 heavy (non-hydrogen) atoms. The lowest BCUT2D eigenvalue weighted by atomic mass is 10.0. The van der Waals surface area contributed by atoms with Gasteiger partial charge in [-0.1, -0.05) is 0 Å². The van der Waals surface area contributed by atoms with E-state index in [0.29, 0.717) is 0 Å². The third-order valence-electron chi connectivity index (χ3n) is 4.06. The maximum Gasteiger partial charge on any atom is 0.123 e. The zero-order valence-corrected chi connectivity index (χ0v) is 13.6. The molecule has 0 amide bonds. The van der Waals surface area contributed by atoms with Gasteiger partial charge in [-0.05, 0) is 61.5 Å². The summed E-state index contributed by atoms with van der Waals surface area (Å²) >= 11 is 0. The van der Waals surface area contributed by atoms with Gasteiger partial charge in [0.2, 0.25) is 0 Å². The molecule has 0 aliphatic rings. The number of hydrogen-bond donors (Lipinski definition) is 1. The molecule has 0 radical (unpaired) electrons. The number of nitrogens with one attached hydrogen (secondary N) is 1. The van der Waals surface area contributed by atoms with Crippen LogP contribution in [0, 0.1) is 12.7 Å². The number of nitrogens with zero attached hydrogens (tertiary/aromatic N) is 3. The van der Waals surface area contributed by atoms with Gasteiger partial charge in [-0.25, -0.2) is 4.39 Å². The topological polar surface area (TPSA) is 50.7 Å². The molecule has 4 nitrogen and oxygen atoms in total. The molecule has 2 aromatic heterocycles. The Bertz CT molecular complexity index is 1040. The number of benzene rings is 2. The second-order valence-electron chi connectivity index (χ2n) is 5.76. The Balaban J connectivity index is 1.75. The number of hydrogen-bond acceptors (Lipinski definition) is 4. The highest BCUT2D eigenvalue weighted by Gasteiger charge is 2.10. The summed E-state index contributed by atoms with van der Waals surface area (Å²) in [6, 6.07) is 16.1. The van der Waals surface area contributed by atoms with Crippen LogP contribution in [0.1, 0.15) is 5.69 Å². The first-order chi connectivity index (χ1) is 12.2. The minimum atomic E-state index is -0.254. The van der Waals surface area contributed by atoms with Gasteiger partial charge in [0.25, 0.3) is 0 Å². The number of aromatic nitrogens is 3. The first-order valence-corrected chi connectivity index (χ1v) is 7.91. The van der Waals surface area contributed by atoms with E-state index in [9.17, 15) is 4.39 Å². The molecule has 2 heterocycles. The Kier molecular flexibility index (Phi) is 3.82. The minimum Gasteiger partial charge on any atom is -0.356 e. The van der Waals surface area contributed by atoms with Crippen molar-refractivity contribution in [3.05, 3.63) is 78.5 Å². The molecular weight excluding hydrogens is 315 g/mol. The number of fused-ring (bicyclic) bond motifs is 1. The zero-order chi connectivity index (χ0) is 17.2. The summed E-state index contributed by atoms with van der Waals surface area (Å²) in [5.74, 6) is -0.254. The lowest BCUT2D eigenvalue weighted by Crippen LogP contribution is -1.95. The molecule has 0 atom stereocenters. The summed E-state index contributed by atoms with van der Waals surface area (Å²) in [5.41, 5.74) is 4.43. The van der Waals surface area contributed by atoms with Gasteiger partial charge in [0.05, 0.1) is 6.20 Å². The molecule has 0 fully saturated rings. The van der Waals surface area contributed by atoms with Gasteiger partial charge >= 0.3 is 0 Å². The normalized spacial score (nSPS) is 10.8. The van der Waals surface area contributed by atoms with E-state index in [0.717, 1.165) is 39.1 Å². The van der Waals surface area contributed by atoms with Gasteiger partial charge in [0.1, 0.15) is 11.5 Å². The highest BCUT2D eigenvalue weighted by atomic mass is 19.1. The van der Waals surface area contributed by atoms with Crippen LogP contribution in [-0.2, 0) is 0 Å². The van der Waals surface area contributed by atoms with Crippen molar-refractivity contribution in [1.82, 2.24) is 15.2 Å². The van der Waals surface area contributed by atoms with Gasteiger partial charge in [0, 0.05) is 39.6 Å². The Morgan fingerprint density at radius 2 is 1.76 bits per heavy atom. The lowest BCUT2D eigenvalue weighted by Gasteiger charge is -2.10. The molecule has 4 aromatic rings. The van der Waals surface area contributed by atoms with Gasteiger partial charge in [0.15, 0.2) is 0 Å². The average molecular weight is 330 g/mol. The van der Waals surface area contributed by atoms with E-state index in [-0.39, 0.29) is 5.82 Å². The van der Waals surface area contributed by atoms with Crippen molar-refractivity contribution in [3.63, 3.8) is 0 Å². The van der Waals surface area contributed by atoms with Crippen molar-refractivity contribution in [2.24, 2.45) is 0 Å². The summed E-state index contributed by atoms with van der Waals surface area (Å²) in [6.45, 7) is 1.96. The first-order valence-electron chi connectivity index (χ1n) is 7.91. The predicted molar refractivity (Wildman–Crippen MR) is 97.2 cm³/mol. The molecule has 5 heteroatoms. The van der Waals surface area contributed by atoms with Crippen LogP contribution in [0.25, 0.3) is 22.0 Å². The Labute approximate surface area is 144 Å². The van der Waals surface area contributed by atoms with Gasteiger partial charge < -0.3 is 5.32 Å². The smallest absolute Gasteiger partial charge is 0.123 e. The van der Waals surface area contributed by atoms with Gasteiger partial charge in [-0.2, -0.15) is 5.10 Å². The molecule has 2 aromatic carbocycles. The summed E-state index contributed by atoms with van der Waals surface area (Å²) in [7, 11) is 0. The number of aryl methyl sites for hydroxylation is 1. The van der Waals surface area contributed by atoms with Crippen LogP contribution in [0.5, 0.6) is 0 Å². The zero-order valence-electron chi connectivity index (χ0n) is 13.6. The van der Waals surface area contributed by atoms with Crippen LogP contribution >= 0.6 is 0 Å². The highest BCUT2D eigenvalue weighted by Crippen LogP contribution is 2.29. The second kappa shape index (κ2) is 6.28. The van der Waals surface area contributed by atoms with E-state index in [1.165, 1.54) is 12.1 Å². The molecule has 0 unspecified atom stereocenters. The molecule has 0 saturated heterocycles. The SMILES string of the molecule is Cc1ncccc1-c1nncc2cc(Nc3ccc(F)cc3)ccc12. The van der Waals surface area contributed by atoms with Crippen LogP contribution < -0.4 is 5.32 Å². The summed E-state index contributed by atoms with van der Waals surface area (Å²) in [4.78, 5) is 4.33. The maximum absolute atomic E-state index is 13.0. The molecule has 0 spiro atoms. The maximum atomic E-state index is 13.0. The van der Waals surface area contributed by atoms with E-state index in [2.05, 4.69) is 20.5 Å². The van der Waals surface area contributed by atoms with Crippen molar-refractivity contribution >= 4 is 22.1 Å². The van der Waals surface area contributed by atoms with Crippen molar-refractivity contribution < 1.29 is 4.39 Å². The van der Waals surface area contributed by atoms with E-state index in [1.807, 2.05) is 37.3 Å². The Morgan fingerprint density at radius 3 is 2.56 bits per heavy atom. The van der Waals surface area contributed by atoms with Crippen LogP contribution in [0.2, 0.25) is 0 Å². The molecule has 0 aliphatic heterocycles. The first kappa shape index (κ1) is 15.2. The van der Waals surface area contributed by atoms with E-state index >= 15 is 0 Å². The van der Waals surface area contributed by atoms with E-state index < -0.39 is 0 Å². The molecule has 0 bridgehead atoms. The van der Waals surface area contributed by atoms with Crippen LogP contribution in [0.4, 0.5) is 15.8 Å². The van der Waals surface area contributed by atoms with Crippen LogP contribution in [0.15, 0.2) is 67.0 Å². The largest absolute Gasteiger partial charge is 0.356 e. The van der Waals surface area contributed by atoms with Gasteiger partial charge in [-0.3, -0.25) is 4.98 Å². The Hall–Kier alpha value is -3.34.